The van der Waals surface area contributed by atoms with Crippen molar-refractivity contribution in [3.8, 4) is 0 Å². The van der Waals surface area contributed by atoms with E-state index in [4.69, 9.17) is 16.7 Å². The Morgan fingerprint density at radius 1 is 1.26 bits per heavy atom. The normalized spacial score (nSPS) is 16.7. The fourth-order valence-electron chi connectivity index (χ4n) is 2.31. The van der Waals surface area contributed by atoms with E-state index in [1.165, 1.54) is 6.92 Å². The van der Waals surface area contributed by atoms with Gasteiger partial charge in [0, 0.05) is 31.9 Å². The van der Waals surface area contributed by atoms with Crippen molar-refractivity contribution in [2.75, 3.05) is 43.4 Å². The lowest BCUT2D eigenvalue weighted by Gasteiger charge is -2.34. The lowest BCUT2D eigenvalue weighted by atomic mass is 10.2. The summed E-state index contributed by atoms with van der Waals surface area (Å²) in [5.41, 5.74) is 1.45. The number of halogens is 1. The molecule has 1 aliphatic heterocycles. The van der Waals surface area contributed by atoms with E-state index in [-0.39, 0.29) is 0 Å². The number of likely N-dealkylation sites (N-methyl/N-ethyl adjacent to an activating group) is 1. The molecule has 1 fully saturated rings. The van der Waals surface area contributed by atoms with Crippen molar-refractivity contribution >= 4 is 35.0 Å². The van der Waals surface area contributed by atoms with Crippen LogP contribution >= 0.6 is 11.6 Å². The molecule has 1 atom stereocenters. The van der Waals surface area contributed by atoms with Crippen LogP contribution in [0.2, 0.25) is 5.02 Å². The molecule has 1 aromatic carbocycles. The van der Waals surface area contributed by atoms with Gasteiger partial charge in [0.1, 0.15) is 6.04 Å². The maximum absolute atomic E-state index is 11.7. The monoisotopic (exact) mass is 340 g/mol. The topological polar surface area (TPSA) is 84.9 Å². The molecule has 0 aliphatic carbocycles. The van der Waals surface area contributed by atoms with Crippen molar-refractivity contribution in [1.82, 2.24) is 10.2 Å². The molecule has 0 aromatic heterocycles. The minimum atomic E-state index is -1.09. The van der Waals surface area contributed by atoms with Crippen molar-refractivity contribution in [2.24, 2.45) is 0 Å². The minimum absolute atomic E-state index is 0.517. The average molecular weight is 341 g/mol. The Morgan fingerprint density at radius 2 is 1.91 bits per heavy atom. The van der Waals surface area contributed by atoms with Gasteiger partial charge in [0.25, 0.3) is 0 Å². The zero-order valence-corrected chi connectivity index (χ0v) is 13.9. The Hall–Kier alpha value is -1.99. The van der Waals surface area contributed by atoms with Gasteiger partial charge in [-0.3, -0.25) is 4.79 Å². The first-order chi connectivity index (χ1) is 10.9. The third-order valence-corrected chi connectivity index (χ3v) is 4.07. The van der Waals surface area contributed by atoms with E-state index in [1.54, 1.807) is 12.1 Å². The molecule has 0 bridgehead atoms. The van der Waals surface area contributed by atoms with Gasteiger partial charge in [-0.1, -0.05) is 11.6 Å². The quantitative estimate of drug-likeness (QED) is 0.776. The molecule has 1 heterocycles. The molecule has 0 spiro atoms. The van der Waals surface area contributed by atoms with E-state index < -0.39 is 18.0 Å². The number of hydrogen-bond acceptors (Lipinski definition) is 4. The number of carbonyl (C=O) groups excluding carboxylic acids is 1. The van der Waals surface area contributed by atoms with E-state index in [1.807, 2.05) is 6.07 Å². The average Bonchev–Trinajstić information content (AvgIpc) is 2.48. The maximum Gasteiger partial charge on any atom is 0.325 e. The lowest BCUT2D eigenvalue weighted by molar-refractivity contribution is -0.138. The van der Waals surface area contributed by atoms with Crippen molar-refractivity contribution in [3.05, 3.63) is 23.2 Å². The second-order valence-corrected chi connectivity index (χ2v) is 6.02. The maximum atomic E-state index is 11.7. The van der Waals surface area contributed by atoms with E-state index in [2.05, 4.69) is 27.5 Å². The summed E-state index contributed by atoms with van der Waals surface area (Å²) in [4.78, 5) is 26.9. The Balaban J connectivity index is 1.99. The van der Waals surface area contributed by atoms with Crippen LogP contribution in [0, 0.1) is 0 Å². The fourth-order valence-corrected chi connectivity index (χ4v) is 2.61. The summed E-state index contributed by atoms with van der Waals surface area (Å²) in [6.07, 6.45) is 0. The molecule has 0 radical (unpaired) electrons. The SMILES string of the molecule is CC(NC(=O)Nc1ccc(N2CCN(C)CC2)c(Cl)c1)C(=O)O. The zero-order chi connectivity index (χ0) is 17.0. The molecule has 1 aromatic rings. The van der Waals surface area contributed by atoms with Crippen molar-refractivity contribution < 1.29 is 14.7 Å². The first-order valence-electron chi connectivity index (χ1n) is 7.40. The van der Waals surface area contributed by atoms with Gasteiger partial charge < -0.3 is 25.5 Å². The highest BCUT2D eigenvalue weighted by Crippen LogP contribution is 2.29. The Labute approximate surface area is 140 Å². The number of carboxylic acids is 1. The third-order valence-electron chi connectivity index (χ3n) is 3.77. The highest BCUT2D eigenvalue weighted by molar-refractivity contribution is 6.33. The number of nitrogens with zero attached hydrogens (tertiary/aromatic N) is 2. The first-order valence-corrected chi connectivity index (χ1v) is 7.78. The van der Waals surface area contributed by atoms with Crippen LogP contribution in [0.1, 0.15) is 6.92 Å². The van der Waals surface area contributed by atoms with Crippen molar-refractivity contribution in [3.63, 3.8) is 0 Å². The van der Waals surface area contributed by atoms with E-state index in [0.717, 1.165) is 31.9 Å². The predicted molar refractivity (Wildman–Crippen MR) is 90.4 cm³/mol. The molecule has 1 saturated heterocycles. The number of nitrogens with one attached hydrogen (secondary N) is 2. The second kappa shape index (κ2) is 7.52. The molecular weight excluding hydrogens is 320 g/mol. The molecule has 126 valence electrons. The summed E-state index contributed by atoms with van der Waals surface area (Å²) in [6, 6.07) is 3.74. The molecule has 23 heavy (non-hydrogen) atoms. The number of urea groups is 1. The standard InChI is InChI=1S/C15H21ClN4O3/c1-10(14(21)22)17-15(23)18-11-3-4-13(12(16)9-11)20-7-5-19(2)6-8-20/h3-4,9-10H,5-8H2,1-2H3,(H,21,22)(H2,17,18,23). The van der Waals surface area contributed by atoms with Crippen molar-refractivity contribution in [1.29, 1.82) is 0 Å². The van der Waals surface area contributed by atoms with Crippen LogP contribution in [-0.2, 0) is 4.79 Å². The largest absolute Gasteiger partial charge is 0.480 e. The number of carbonyl (C=O) groups is 2. The van der Waals surface area contributed by atoms with Crippen LogP contribution in [0.15, 0.2) is 18.2 Å². The van der Waals surface area contributed by atoms with Gasteiger partial charge in [-0.25, -0.2) is 4.79 Å². The van der Waals surface area contributed by atoms with Crippen LogP contribution in [0.5, 0.6) is 0 Å². The molecule has 3 N–H and O–H groups in total. The van der Waals surface area contributed by atoms with Gasteiger partial charge in [-0.05, 0) is 32.2 Å². The second-order valence-electron chi connectivity index (χ2n) is 5.61. The van der Waals surface area contributed by atoms with Crippen LogP contribution in [0.25, 0.3) is 0 Å². The minimum Gasteiger partial charge on any atom is -0.480 e. The number of benzene rings is 1. The summed E-state index contributed by atoms with van der Waals surface area (Å²) in [5.74, 6) is -1.09. The summed E-state index contributed by atoms with van der Waals surface area (Å²) < 4.78 is 0. The molecule has 0 saturated carbocycles. The lowest BCUT2D eigenvalue weighted by Crippen LogP contribution is -2.44. The van der Waals surface area contributed by atoms with Crippen LogP contribution < -0.4 is 15.5 Å². The van der Waals surface area contributed by atoms with Crippen LogP contribution in [0.3, 0.4) is 0 Å². The number of aliphatic carboxylic acids is 1. The van der Waals surface area contributed by atoms with Gasteiger partial charge >= 0.3 is 12.0 Å². The van der Waals surface area contributed by atoms with Gasteiger partial charge in [0.2, 0.25) is 0 Å². The number of hydrogen-bond donors (Lipinski definition) is 3. The third kappa shape index (κ3) is 4.74. The Morgan fingerprint density at radius 3 is 2.48 bits per heavy atom. The molecule has 1 aliphatic rings. The highest BCUT2D eigenvalue weighted by Gasteiger charge is 2.18. The number of rotatable bonds is 4. The van der Waals surface area contributed by atoms with Crippen LogP contribution in [-0.4, -0.2) is 61.3 Å². The van der Waals surface area contributed by atoms with Gasteiger partial charge in [-0.15, -0.1) is 0 Å². The molecule has 2 rings (SSSR count). The van der Waals surface area contributed by atoms with Gasteiger partial charge in [0.05, 0.1) is 10.7 Å². The highest BCUT2D eigenvalue weighted by atomic mass is 35.5. The van der Waals surface area contributed by atoms with Crippen LogP contribution in [0.4, 0.5) is 16.2 Å². The summed E-state index contributed by atoms with van der Waals surface area (Å²) in [5, 5.41) is 14.2. The van der Waals surface area contributed by atoms with Gasteiger partial charge in [-0.2, -0.15) is 0 Å². The first kappa shape index (κ1) is 17.4. The molecule has 2 amide bonds. The Bertz CT molecular complexity index is 588. The van der Waals surface area contributed by atoms with Gasteiger partial charge in [0.15, 0.2) is 0 Å². The smallest absolute Gasteiger partial charge is 0.325 e. The Kier molecular flexibility index (Phi) is 5.68. The zero-order valence-electron chi connectivity index (χ0n) is 13.2. The number of piperazine rings is 1. The summed E-state index contributed by atoms with van der Waals surface area (Å²) >= 11 is 6.32. The molecule has 8 heteroatoms. The molecule has 1 unspecified atom stereocenters. The number of amides is 2. The summed E-state index contributed by atoms with van der Waals surface area (Å²) in [6.45, 7) is 5.15. The fraction of sp³-hybridized carbons (Fsp3) is 0.467. The van der Waals surface area contributed by atoms with E-state index >= 15 is 0 Å². The van der Waals surface area contributed by atoms with E-state index in [0.29, 0.717) is 10.7 Å². The van der Waals surface area contributed by atoms with Crippen molar-refractivity contribution in [2.45, 2.75) is 13.0 Å². The number of anilines is 2. The predicted octanol–water partition coefficient (Wildman–Crippen LogP) is 1.69. The summed E-state index contributed by atoms with van der Waals surface area (Å²) in [7, 11) is 2.09. The van der Waals surface area contributed by atoms with E-state index in [9.17, 15) is 9.59 Å². The number of carboxylic acid groups (broad SMARTS) is 1. The molecular formula is C15H21ClN4O3. The molecule has 7 nitrogen and oxygen atoms in total.